The molecule has 1 saturated carbocycles. The molecule has 1 aromatic carbocycles. The summed E-state index contributed by atoms with van der Waals surface area (Å²) in [7, 11) is 3.24. The summed E-state index contributed by atoms with van der Waals surface area (Å²) in [6.45, 7) is 4.50. The monoisotopic (exact) mass is 329 g/mol. The van der Waals surface area contributed by atoms with E-state index >= 15 is 0 Å². The maximum atomic E-state index is 12.0. The average molecular weight is 329 g/mol. The van der Waals surface area contributed by atoms with Crippen LogP contribution in [0.25, 0.3) is 0 Å². The van der Waals surface area contributed by atoms with Crippen molar-refractivity contribution in [2.75, 3.05) is 19.5 Å². The number of nitrogens with zero attached hydrogens (tertiary/aromatic N) is 2. The fourth-order valence-electron chi connectivity index (χ4n) is 2.75. The number of benzene rings is 1. The molecule has 1 fully saturated rings. The first kappa shape index (κ1) is 16.4. The number of rotatable bonds is 6. The molecule has 6 heteroatoms. The van der Waals surface area contributed by atoms with Crippen molar-refractivity contribution in [3.63, 3.8) is 0 Å². The largest absolute Gasteiger partial charge is 0.493 e. The van der Waals surface area contributed by atoms with Crippen LogP contribution < -0.4 is 14.8 Å². The van der Waals surface area contributed by atoms with Gasteiger partial charge >= 0.3 is 0 Å². The minimum Gasteiger partial charge on any atom is -0.493 e. The van der Waals surface area contributed by atoms with Gasteiger partial charge in [0.2, 0.25) is 5.91 Å². The number of hydrogen-bond acceptors (Lipinski definition) is 4. The molecule has 0 atom stereocenters. The molecule has 0 saturated heterocycles. The van der Waals surface area contributed by atoms with Gasteiger partial charge in [0.15, 0.2) is 11.5 Å². The lowest BCUT2D eigenvalue weighted by atomic mass is 10.2. The minimum atomic E-state index is 0.104. The second-order valence-electron chi connectivity index (χ2n) is 6.16. The highest BCUT2D eigenvalue weighted by Gasteiger charge is 2.30. The van der Waals surface area contributed by atoms with Crippen molar-refractivity contribution < 1.29 is 14.3 Å². The molecule has 1 amide bonds. The molecule has 1 heterocycles. The third-order valence-electron chi connectivity index (χ3n) is 4.36. The topological polar surface area (TPSA) is 65.4 Å². The summed E-state index contributed by atoms with van der Waals surface area (Å²) in [5, 5.41) is 7.59. The molecule has 6 nitrogen and oxygen atoms in total. The number of hydrogen-bond donors (Lipinski definition) is 1. The molecule has 24 heavy (non-hydrogen) atoms. The van der Waals surface area contributed by atoms with Crippen LogP contribution in [0.1, 0.15) is 29.8 Å². The summed E-state index contributed by atoms with van der Waals surface area (Å²) in [5.41, 5.74) is 3.67. The van der Waals surface area contributed by atoms with E-state index in [9.17, 15) is 4.79 Å². The molecule has 128 valence electrons. The third kappa shape index (κ3) is 3.22. The molecular formula is C18H23N3O3. The van der Waals surface area contributed by atoms with Gasteiger partial charge < -0.3 is 14.8 Å². The van der Waals surface area contributed by atoms with Crippen molar-refractivity contribution in [3.05, 3.63) is 35.2 Å². The van der Waals surface area contributed by atoms with E-state index in [1.54, 1.807) is 14.2 Å². The van der Waals surface area contributed by atoms with Crippen molar-refractivity contribution in [3.8, 4) is 11.5 Å². The smallest absolute Gasteiger partial charge is 0.227 e. The number of anilines is 1. The number of carbonyl (C=O) groups excluding carboxylic acids is 1. The maximum Gasteiger partial charge on any atom is 0.227 e. The predicted octanol–water partition coefficient (Wildman–Crippen LogP) is 2.91. The lowest BCUT2D eigenvalue weighted by molar-refractivity contribution is -0.117. The number of amides is 1. The van der Waals surface area contributed by atoms with Crippen LogP contribution in [0.15, 0.2) is 18.2 Å². The molecule has 1 aromatic heterocycles. The van der Waals surface area contributed by atoms with Gasteiger partial charge in [0.05, 0.1) is 37.8 Å². The third-order valence-corrected chi connectivity index (χ3v) is 4.36. The standard InChI is InChI=1S/C18H23N3O3/c1-11-17(19-18(22)14-6-7-14)12(2)21(20-11)10-13-5-8-15(23-3)16(9-13)24-4/h5,8-9,14H,6-7,10H2,1-4H3,(H,19,22). The molecular weight excluding hydrogens is 306 g/mol. The van der Waals surface area contributed by atoms with E-state index in [-0.39, 0.29) is 11.8 Å². The second kappa shape index (κ2) is 6.55. The van der Waals surface area contributed by atoms with E-state index in [1.807, 2.05) is 36.7 Å². The minimum absolute atomic E-state index is 0.104. The van der Waals surface area contributed by atoms with Gasteiger partial charge in [-0.3, -0.25) is 9.48 Å². The predicted molar refractivity (Wildman–Crippen MR) is 91.7 cm³/mol. The molecule has 1 aliphatic carbocycles. The van der Waals surface area contributed by atoms with Gasteiger partial charge in [-0.25, -0.2) is 0 Å². The first-order valence-corrected chi connectivity index (χ1v) is 8.09. The Hall–Kier alpha value is -2.50. The van der Waals surface area contributed by atoms with Crippen LogP contribution in [0.3, 0.4) is 0 Å². The first-order chi connectivity index (χ1) is 11.5. The average Bonchev–Trinajstić information content (AvgIpc) is 3.39. The Labute approximate surface area is 141 Å². The van der Waals surface area contributed by atoms with E-state index in [0.29, 0.717) is 18.0 Å². The Balaban J connectivity index is 1.81. The Kier molecular flexibility index (Phi) is 4.46. The Morgan fingerprint density at radius 1 is 1.25 bits per heavy atom. The molecule has 2 aromatic rings. The number of aryl methyl sites for hydroxylation is 1. The van der Waals surface area contributed by atoms with E-state index in [4.69, 9.17) is 9.47 Å². The van der Waals surface area contributed by atoms with Gasteiger partial charge in [0, 0.05) is 5.92 Å². The zero-order chi connectivity index (χ0) is 17.3. The summed E-state index contributed by atoms with van der Waals surface area (Å²) < 4.78 is 12.5. The Bertz CT molecular complexity index is 763. The zero-order valence-corrected chi connectivity index (χ0v) is 14.5. The van der Waals surface area contributed by atoms with Crippen LogP contribution in [0.5, 0.6) is 11.5 Å². The van der Waals surface area contributed by atoms with Crippen molar-refractivity contribution in [1.82, 2.24) is 9.78 Å². The van der Waals surface area contributed by atoms with Crippen LogP contribution in [0.2, 0.25) is 0 Å². The van der Waals surface area contributed by atoms with Gasteiger partial charge in [0.1, 0.15) is 0 Å². The molecule has 0 spiro atoms. The Morgan fingerprint density at radius 3 is 2.58 bits per heavy atom. The van der Waals surface area contributed by atoms with Crippen LogP contribution >= 0.6 is 0 Å². The summed E-state index contributed by atoms with van der Waals surface area (Å²) in [6.07, 6.45) is 1.98. The van der Waals surface area contributed by atoms with Crippen molar-refractivity contribution in [2.45, 2.75) is 33.2 Å². The fraction of sp³-hybridized carbons (Fsp3) is 0.444. The van der Waals surface area contributed by atoms with Gasteiger partial charge in [-0.05, 0) is 44.4 Å². The number of methoxy groups -OCH3 is 2. The summed E-state index contributed by atoms with van der Waals surface area (Å²) in [6, 6.07) is 5.81. The van der Waals surface area contributed by atoms with Crippen LogP contribution in [0, 0.1) is 19.8 Å². The number of aromatic nitrogens is 2. The molecule has 0 aliphatic heterocycles. The fourth-order valence-corrected chi connectivity index (χ4v) is 2.75. The molecule has 0 radical (unpaired) electrons. The first-order valence-electron chi connectivity index (χ1n) is 8.09. The molecule has 1 aliphatic rings. The summed E-state index contributed by atoms with van der Waals surface area (Å²) >= 11 is 0. The lowest BCUT2D eigenvalue weighted by Gasteiger charge is -2.11. The second-order valence-corrected chi connectivity index (χ2v) is 6.16. The van der Waals surface area contributed by atoms with Crippen molar-refractivity contribution in [2.24, 2.45) is 5.92 Å². The number of ether oxygens (including phenoxy) is 2. The van der Waals surface area contributed by atoms with Crippen molar-refractivity contribution in [1.29, 1.82) is 0 Å². The molecule has 0 unspecified atom stereocenters. The number of nitrogens with one attached hydrogen (secondary N) is 1. The molecule has 3 rings (SSSR count). The summed E-state index contributed by atoms with van der Waals surface area (Å²) in [5.74, 6) is 1.68. The SMILES string of the molecule is COc1ccc(Cn2nc(C)c(NC(=O)C3CC3)c2C)cc1OC. The van der Waals surface area contributed by atoms with Crippen LogP contribution in [0.4, 0.5) is 5.69 Å². The molecule has 0 bridgehead atoms. The van der Waals surface area contributed by atoms with Gasteiger partial charge in [-0.15, -0.1) is 0 Å². The van der Waals surface area contributed by atoms with E-state index in [1.165, 1.54) is 0 Å². The highest BCUT2D eigenvalue weighted by atomic mass is 16.5. The lowest BCUT2D eigenvalue weighted by Crippen LogP contribution is -2.14. The van der Waals surface area contributed by atoms with Gasteiger partial charge in [-0.2, -0.15) is 5.10 Å². The van der Waals surface area contributed by atoms with E-state index in [2.05, 4.69) is 10.4 Å². The van der Waals surface area contributed by atoms with Crippen LogP contribution in [-0.2, 0) is 11.3 Å². The normalized spacial score (nSPS) is 13.7. The zero-order valence-electron chi connectivity index (χ0n) is 14.5. The highest BCUT2D eigenvalue weighted by molar-refractivity contribution is 5.95. The molecule has 1 N–H and O–H groups in total. The van der Waals surface area contributed by atoms with Crippen molar-refractivity contribution >= 4 is 11.6 Å². The van der Waals surface area contributed by atoms with Gasteiger partial charge in [0.25, 0.3) is 0 Å². The number of carbonyl (C=O) groups is 1. The summed E-state index contributed by atoms with van der Waals surface area (Å²) in [4.78, 5) is 12.0. The Morgan fingerprint density at radius 2 is 1.96 bits per heavy atom. The van der Waals surface area contributed by atoms with E-state index in [0.717, 1.165) is 35.5 Å². The van der Waals surface area contributed by atoms with E-state index < -0.39 is 0 Å². The van der Waals surface area contributed by atoms with Gasteiger partial charge in [-0.1, -0.05) is 6.07 Å². The highest BCUT2D eigenvalue weighted by Crippen LogP contribution is 2.32. The quantitative estimate of drug-likeness (QED) is 0.885. The maximum absolute atomic E-state index is 12.0. The van der Waals surface area contributed by atoms with Crippen LogP contribution in [-0.4, -0.2) is 29.9 Å².